The monoisotopic (exact) mass is 152 g/mol. The molecule has 0 aromatic carbocycles. The number of esters is 1. The van der Waals surface area contributed by atoms with Crippen LogP contribution in [0, 0.1) is 11.8 Å². The number of methoxy groups -OCH3 is 1. The van der Waals surface area contributed by atoms with E-state index in [9.17, 15) is 4.79 Å². The maximum absolute atomic E-state index is 11.0. The first-order chi connectivity index (χ1) is 5.25. The molecule has 1 aliphatic rings. The van der Waals surface area contributed by atoms with E-state index >= 15 is 0 Å². The van der Waals surface area contributed by atoms with Crippen molar-refractivity contribution in [1.82, 2.24) is 0 Å². The van der Waals surface area contributed by atoms with Gasteiger partial charge in [0.2, 0.25) is 0 Å². The van der Waals surface area contributed by atoms with E-state index in [-0.39, 0.29) is 17.8 Å². The second-order valence-electron chi connectivity index (χ2n) is 2.66. The Hall–Kier alpha value is -1.05. The smallest absolute Gasteiger partial charge is 0.309 e. The van der Waals surface area contributed by atoms with Gasteiger partial charge in [-0.2, -0.15) is 0 Å². The van der Waals surface area contributed by atoms with Crippen LogP contribution >= 0.6 is 0 Å². The maximum atomic E-state index is 11.0. The zero-order chi connectivity index (χ0) is 8.27. The molecular weight excluding hydrogens is 140 g/mol. The summed E-state index contributed by atoms with van der Waals surface area (Å²) in [5.41, 5.74) is 0. The van der Waals surface area contributed by atoms with Gasteiger partial charge in [-0.3, -0.25) is 4.79 Å². The summed E-state index contributed by atoms with van der Waals surface area (Å²) in [5, 5.41) is 0. The van der Waals surface area contributed by atoms with Crippen LogP contribution in [0.2, 0.25) is 0 Å². The Labute approximate surface area is 66.5 Å². The van der Waals surface area contributed by atoms with E-state index in [0.29, 0.717) is 0 Å². The highest BCUT2D eigenvalue weighted by Crippen LogP contribution is 2.19. The molecule has 0 radical (unpaired) electrons. The largest absolute Gasteiger partial charge is 0.469 e. The minimum atomic E-state index is -0.147. The predicted molar refractivity (Wildman–Crippen MR) is 43.0 cm³/mol. The van der Waals surface area contributed by atoms with E-state index < -0.39 is 0 Å². The van der Waals surface area contributed by atoms with Crippen LogP contribution in [0.25, 0.3) is 0 Å². The third-order valence-electron chi connectivity index (χ3n) is 1.93. The van der Waals surface area contributed by atoms with E-state index in [1.165, 1.54) is 7.11 Å². The van der Waals surface area contributed by atoms with Crippen LogP contribution in [0.15, 0.2) is 24.3 Å². The quantitative estimate of drug-likeness (QED) is 0.561. The molecule has 0 heterocycles. The molecular formula is C9H12O2. The van der Waals surface area contributed by atoms with Crippen molar-refractivity contribution < 1.29 is 9.53 Å². The summed E-state index contributed by atoms with van der Waals surface area (Å²) in [5.74, 6) is 0.0173. The van der Waals surface area contributed by atoms with E-state index in [1.807, 2.05) is 31.2 Å². The van der Waals surface area contributed by atoms with Gasteiger partial charge in [0.05, 0.1) is 13.0 Å². The molecule has 11 heavy (non-hydrogen) atoms. The fourth-order valence-corrected chi connectivity index (χ4v) is 1.13. The Balaban J connectivity index is 2.53. The minimum Gasteiger partial charge on any atom is -0.469 e. The second-order valence-corrected chi connectivity index (χ2v) is 2.66. The highest BCUT2D eigenvalue weighted by atomic mass is 16.5. The zero-order valence-corrected chi connectivity index (χ0v) is 6.78. The van der Waals surface area contributed by atoms with Crippen molar-refractivity contribution in [1.29, 1.82) is 0 Å². The van der Waals surface area contributed by atoms with E-state index in [2.05, 4.69) is 4.74 Å². The molecule has 1 unspecified atom stereocenters. The average Bonchev–Trinajstić information content (AvgIpc) is 2.53. The van der Waals surface area contributed by atoms with Crippen molar-refractivity contribution in [3.8, 4) is 0 Å². The zero-order valence-electron chi connectivity index (χ0n) is 6.78. The summed E-state index contributed by atoms with van der Waals surface area (Å²) in [6.45, 7) is 1.87. The third-order valence-corrected chi connectivity index (χ3v) is 1.93. The summed E-state index contributed by atoms with van der Waals surface area (Å²) in [7, 11) is 1.42. The van der Waals surface area contributed by atoms with E-state index in [4.69, 9.17) is 0 Å². The van der Waals surface area contributed by atoms with Gasteiger partial charge in [0.1, 0.15) is 0 Å². The standard InChI is InChI=1S/C9H12O2/c1-7(9(10)11-2)8-5-3-4-6-8/h3-8H,1-2H3. The van der Waals surface area contributed by atoms with Gasteiger partial charge in [-0.1, -0.05) is 31.2 Å². The molecule has 0 amide bonds. The number of hydrogen-bond donors (Lipinski definition) is 0. The first kappa shape index (κ1) is 8.05. The van der Waals surface area contributed by atoms with Crippen LogP contribution in [0.3, 0.4) is 0 Å². The Bertz CT molecular complexity index is 192. The van der Waals surface area contributed by atoms with Gasteiger partial charge in [0.15, 0.2) is 0 Å². The first-order valence-electron chi connectivity index (χ1n) is 3.68. The van der Waals surface area contributed by atoms with Crippen molar-refractivity contribution in [2.75, 3.05) is 7.11 Å². The van der Waals surface area contributed by atoms with E-state index in [1.54, 1.807) is 0 Å². The van der Waals surface area contributed by atoms with Crippen molar-refractivity contribution >= 4 is 5.97 Å². The molecule has 0 N–H and O–H groups in total. The Morgan fingerprint density at radius 3 is 2.45 bits per heavy atom. The molecule has 2 heteroatoms. The van der Waals surface area contributed by atoms with Crippen LogP contribution in [0.4, 0.5) is 0 Å². The van der Waals surface area contributed by atoms with Crippen molar-refractivity contribution in [2.24, 2.45) is 11.8 Å². The van der Waals surface area contributed by atoms with Crippen molar-refractivity contribution in [3.63, 3.8) is 0 Å². The van der Waals surface area contributed by atoms with Crippen LogP contribution in [-0.4, -0.2) is 13.1 Å². The maximum Gasteiger partial charge on any atom is 0.309 e. The van der Waals surface area contributed by atoms with Crippen molar-refractivity contribution in [2.45, 2.75) is 6.92 Å². The van der Waals surface area contributed by atoms with Gasteiger partial charge >= 0.3 is 5.97 Å². The molecule has 2 nitrogen and oxygen atoms in total. The summed E-state index contributed by atoms with van der Waals surface area (Å²) in [6, 6.07) is 0. The molecule has 0 bridgehead atoms. The molecule has 0 aromatic heterocycles. The molecule has 0 aliphatic heterocycles. The van der Waals surface area contributed by atoms with Crippen LogP contribution < -0.4 is 0 Å². The van der Waals surface area contributed by atoms with Crippen molar-refractivity contribution in [3.05, 3.63) is 24.3 Å². The molecule has 0 spiro atoms. The molecule has 0 fully saturated rings. The van der Waals surface area contributed by atoms with E-state index in [0.717, 1.165) is 0 Å². The lowest BCUT2D eigenvalue weighted by Crippen LogP contribution is -2.18. The molecule has 60 valence electrons. The lowest BCUT2D eigenvalue weighted by molar-refractivity contribution is -0.145. The Morgan fingerprint density at radius 1 is 1.45 bits per heavy atom. The summed E-state index contributed by atoms with van der Waals surface area (Å²) in [4.78, 5) is 11.0. The number of carbonyl (C=O) groups is 1. The fourth-order valence-electron chi connectivity index (χ4n) is 1.13. The fraction of sp³-hybridized carbons (Fsp3) is 0.444. The van der Waals surface area contributed by atoms with Crippen LogP contribution in [0.1, 0.15) is 6.92 Å². The van der Waals surface area contributed by atoms with Crippen LogP contribution in [0.5, 0.6) is 0 Å². The lowest BCUT2D eigenvalue weighted by atomic mass is 9.96. The Morgan fingerprint density at radius 2 is 2.00 bits per heavy atom. The summed E-state index contributed by atoms with van der Waals surface area (Å²) < 4.78 is 4.62. The molecule has 1 rings (SSSR count). The van der Waals surface area contributed by atoms with Gasteiger partial charge in [-0.05, 0) is 0 Å². The normalized spacial score (nSPS) is 18.7. The van der Waals surface area contributed by atoms with Gasteiger partial charge in [0, 0.05) is 5.92 Å². The molecule has 0 saturated heterocycles. The molecule has 1 atom stereocenters. The van der Waals surface area contributed by atoms with Gasteiger partial charge in [-0.15, -0.1) is 0 Å². The number of allylic oxidation sites excluding steroid dienone is 4. The van der Waals surface area contributed by atoms with Crippen LogP contribution in [-0.2, 0) is 9.53 Å². The van der Waals surface area contributed by atoms with Gasteiger partial charge in [0.25, 0.3) is 0 Å². The minimum absolute atomic E-state index is 0.0602. The average molecular weight is 152 g/mol. The number of hydrogen-bond acceptors (Lipinski definition) is 2. The molecule has 0 aromatic rings. The number of rotatable bonds is 2. The predicted octanol–water partition coefficient (Wildman–Crippen LogP) is 1.54. The third kappa shape index (κ3) is 1.70. The summed E-state index contributed by atoms with van der Waals surface area (Å²) in [6.07, 6.45) is 7.90. The highest BCUT2D eigenvalue weighted by molar-refractivity contribution is 5.73. The second kappa shape index (κ2) is 3.37. The lowest BCUT2D eigenvalue weighted by Gasteiger charge is -2.12. The molecule has 1 aliphatic carbocycles. The number of ether oxygens (including phenoxy) is 1. The van der Waals surface area contributed by atoms with Gasteiger partial charge < -0.3 is 4.74 Å². The SMILES string of the molecule is COC(=O)C(C)C1C=CC=C1. The summed E-state index contributed by atoms with van der Waals surface area (Å²) >= 11 is 0. The molecule has 0 saturated carbocycles. The highest BCUT2D eigenvalue weighted by Gasteiger charge is 2.21. The van der Waals surface area contributed by atoms with Gasteiger partial charge in [-0.25, -0.2) is 0 Å². The topological polar surface area (TPSA) is 26.3 Å². The first-order valence-corrected chi connectivity index (χ1v) is 3.68. The number of carbonyl (C=O) groups excluding carboxylic acids is 1. The Kier molecular flexibility index (Phi) is 2.47.